The van der Waals surface area contributed by atoms with Crippen molar-refractivity contribution in [3.05, 3.63) is 0 Å². The maximum atomic E-state index is 3.89. The smallest absolute Gasteiger partial charge is 0.0281 e. The Morgan fingerprint density at radius 2 is 1.94 bits per heavy atom. The fraction of sp³-hybridized carbons (Fsp3) is 1.00. The van der Waals surface area contributed by atoms with E-state index in [9.17, 15) is 0 Å². The van der Waals surface area contributed by atoms with Gasteiger partial charge in [-0.25, -0.2) is 0 Å². The molecule has 0 aromatic heterocycles. The van der Waals surface area contributed by atoms with Gasteiger partial charge in [0, 0.05) is 17.3 Å². The molecule has 2 unspecified atom stereocenters. The van der Waals surface area contributed by atoms with Gasteiger partial charge in [-0.2, -0.15) is 11.8 Å². The zero-order valence-corrected chi connectivity index (χ0v) is 12.5. The molecule has 2 atom stereocenters. The third kappa shape index (κ3) is 3.64. The van der Waals surface area contributed by atoms with Crippen LogP contribution in [0.5, 0.6) is 0 Å². The molecule has 17 heavy (non-hydrogen) atoms. The summed E-state index contributed by atoms with van der Waals surface area (Å²) in [5.74, 6) is 1.00. The minimum Gasteiger partial charge on any atom is -0.313 e. The number of hydrogen-bond donors (Lipinski definition) is 1. The highest BCUT2D eigenvalue weighted by Crippen LogP contribution is 2.38. The Labute approximate surface area is 112 Å². The fourth-order valence-electron chi connectivity index (χ4n) is 3.61. The van der Waals surface area contributed by atoms with E-state index in [1.54, 1.807) is 0 Å². The molecule has 2 rings (SSSR count). The van der Waals surface area contributed by atoms with Crippen molar-refractivity contribution in [2.24, 2.45) is 5.92 Å². The van der Waals surface area contributed by atoms with E-state index < -0.39 is 0 Å². The summed E-state index contributed by atoms with van der Waals surface area (Å²) >= 11 is 2.12. The summed E-state index contributed by atoms with van der Waals surface area (Å²) in [7, 11) is 0. The third-order valence-electron chi connectivity index (χ3n) is 5.03. The van der Waals surface area contributed by atoms with Crippen LogP contribution in [-0.4, -0.2) is 23.6 Å². The minimum atomic E-state index is 0.572. The molecule has 1 N–H and O–H groups in total. The zero-order chi connectivity index (χ0) is 12.1. The maximum Gasteiger partial charge on any atom is 0.0281 e. The highest BCUT2D eigenvalue weighted by atomic mass is 32.2. The van der Waals surface area contributed by atoms with Gasteiger partial charge in [0.25, 0.3) is 0 Å². The van der Waals surface area contributed by atoms with Crippen molar-refractivity contribution in [2.75, 3.05) is 12.8 Å². The zero-order valence-electron chi connectivity index (χ0n) is 11.6. The van der Waals surface area contributed by atoms with E-state index in [2.05, 4.69) is 30.3 Å². The van der Waals surface area contributed by atoms with Crippen LogP contribution in [0.4, 0.5) is 0 Å². The van der Waals surface area contributed by atoms with E-state index in [4.69, 9.17) is 0 Å². The summed E-state index contributed by atoms with van der Waals surface area (Å²) < 4.78 is 0.572. The largest absolute Gasteiger partial charge is 0.313 e. The first-order chi connectivity index (χ1) is 8.28. The Bertz CT molecular complexity index is 223. The van der Waals surface area contributed by atoms with Crippen molar-refractivity contribution in [1.82, 2.24) is 5.32 Å². The van der Waals surface area contributed by atoms with Gasteiger partial charge in [0.15, 0.2) is 0 Å². The SMILES string of the molecule is CCC1CCC(NCC2(SC)CCCCC2)C1. The number of nitrogens with one attached hydrogen (secondary N) is 1. The molecule has 0 aliphatic heterocycles. The molecule has 0 radical (unpaired) electrons. The van der Waals surface area contributed by atoms with Crippen molar-refractivity contribution in [2.45, 2.75) is 75.5 Å². The second-order valence-electron chi connectivity index (χ2n) is 6.11. The second kappa shape index (κ2) is 6.47. The van der Waals surface area contributed by atoms with Gasteiger partial charge in [-0.15, -0.1) is 0 Å². The first kappa shape index (κ1) is 13.7. The average Bonchev–Trinajstić information content (AvgIpc) is 2.85. The molecule has 0 amide bonds. The molecule has 0 aromatic carbocycles. The minimum absolute atomic E-state index is 0.572. The summed E-state index contributed by atoms with van der Waals surface area (Å²) in [6.07, 6.45) is 15.2. The van der Waals surface area contributed by atoms with Gasteiger partial charge in [-0.05, 0) is 44.3 Å². The molecule has 0 heterocycles. The van der Waals surface area contributed by atoms with Gasteiger partial charge in [0.05, 0.1) is 0 Å². The van der Waals surface area contributed by atoms with Crippen molar-refractivity contribution in [3.63, 3.8) is 0 Å². The molecule has 2 aliphatic carbocycles. The topological polar surface area (TPSA) is 12.0 Å². The Hall–Kier alpha value is 0.310. The van der Waals surface area contributed by atoms with Gasteiger partial charge in [-0.1, -0.05) is 32.6 Å². The fourth-order valence-corrected chi connectivity index (χ4v) is 4.54. The lowest BCUT2D eigenvalue weighted by Crippen LogP contribution is -2.42. The molecule has 2 fully saturated rings. The Kier molecular flexibility index (Phi) is 5.23. The lowest BCUT2D eigenvalue weighted by atomic mass is 9.88. The lowest BCUT2D eigenvalue weighted by molar-refractivity contribution is 0.358. The van der Waals surface area contributed by atoms with Crippen LogP contribution < -0.4 is 5.32 Å². The van der Waals surface area contributed by atoms with Crippen LogP contribution in [0.1, 0.15) is 64.7 Å². The lowest BCUT2D eigenvalue weighted by Gasteiger charge is -2.37. The Balaban J connectivity index is 1.76. The molecule has 0 spiro atoms. The van der Waals surface area contributed by atoms with E-state index in [0.29, 0.717) is 4.75 Å². The first-order valence-electron chi connectivity index (χ1n) is 7.56. The molecule has 100 valence electrons. The number of rotatable bonds is 5. The second-order valence-corrected chi connectivity index (χ2v) is 7.39. The van der Waals surface area contributed by atoms with Crippen molar-refractivity contribution in [3.8, 4) is 0 Å². The van der Waals surface area contributed by atoms with E-state index in [0.717, 1.165) is 12.0 Å². The molecule has 2 heteroatoms. The molecule has 2 aliphatic rings. The normalized spacial score (nSPS) is 32.8. The first-order valence-corrected chi connectivity index (χ1v) is 8.79. The highest BCUT2D eigenvalue weighted by molar-refractivity contribution is 8.00. The molecule has 2 saturated carbocycles. The van der Waals surface area contributed by atoms with E-state index >= 15 is 0 Å². The van der Waals surface area contributed by atoms with Crippen LogP contribution >= 0.6 is 11.8 Å². The highest BCUT2D eigenvalue weighted by Gasteiger charge is 2.32. The third-order valence-corrected chi connectivity index (χ3v) is 6.45. The van der Waals surface area contributed by atoms with Crippen LogP contribution in [0.25, 0.3) is 0 Å². The van der Waals surface area contributed by atoms with Gasteiger partial charge < -0.3 is 5.32 Å². The van der Waals surface area contributed by atoms with Crippen LogP contribution in [0.15, 0.2) is 0 Å². The van der Waals surface area contributed by atoms with Gasteiger partial charge >= 0.3 is 0 Å². The van der Waals surface area contributed by atoms with Crippen molar-refractivity contribution >= 4 is 11.8 Å². The number of thioether (sulfide) groups is 1. The number of hydrogen-bond acceptors (Lipinski definition) is 2. The van der Waals surface area contributed by atoms with Crippen LogP contribution in [0, 0.1) is 5.92 Å². The van der Waals surface area contributed by atoms with Gasteiger partial charge in [0.1, 0.15) is 0 Å². The van der Waals surface area contributed by atoms with Gasteiger partial charge in [0.2, 0.25) is 0 Å². The molecule has 1 nitrogen and oxygen atoms in total. The summed E-state index contributed by atoms with van der Waals surface area (Å²) in [6.45, 7) is 3.60. The monoisotopic (exact) mass is 255 g/mol. The van der Waals surface area contributed by atoms with Crippen molar-refractivity contribution in [1.29, 1.82) is 0 Å². The standard InChI is InChI=1S/C15H29NS/c1-3-13-7-8-14(11-13)16-12-15(17-2)9-5-4-6-10-15/h13-14,16H,3-12H2,1-2H3. The van der Waals surface area contributed by atoms with Gasteiger partial charge in [-0.3, -0.25) is 0 Å². The molecular formula is C15H29NS. The van der Waals surface area contributed by atoms with Crippen molar-refractivity contribution < 1.29 is 0 Å². The predicted octanol–water partition coefficient (Wildman–Crippen LogP) is 4.22. The summed E-state index contributed by atoms with van der Waals surface area (Å²) in [6, 6.07) is 0.825. The molecular weight excluding hydrogens is 226 g/mol. The Morgan fingerprint density at radius 1 is 1.18 bits per heavy atom. The van der Waals surface area contributed by atoms with E-state index in [1.165, 1.54) is 64.3 Å². The Morgan fingerprint density at radius 3 is 2.53 bits per heavy atom. The summed E-state index contributed by atoms with van der Waals surface area (Å²) in [5.41, 5.74) is 0. The maximum absolute atomic E-state index is 3.89. The van der Waals surface area contributed by atoms with Crippen LogP contribution in [-0.2, 0) is 0 Å². The van der Waals surface area contributed by atoms with Crippen LogP contribution in [0.3, 0.4) is 0 Å². The van der Waals surface area contributed by atoms with Crippen LogP contribution in [0.2, 0.25) is 0 Å². The summed E-state index contributed by atoms with van der Waals surface area (Å²) in [5, 5.41) is 3.89. The van der Waals surface area contributed by atoms with E-state index in [-0.39, 0.29) is 0 Å². The quantitative estimate of drug-likeness (QED) is 0.789. The molecule has 0 aromatic rings. The molecule has 0 saturated heterocycles. The summed E-state index contributed by atoms with van der Waals surface area (Å²) in [4.78, 5) is 0. The predicted molar refractivity (Wildman–Crippen MR) is 78.8 cm³/mol. The van der Waals surface area contributed by atoms with E-state index in [1.807, 2.05) is 0 Å². The molecule has 0 bridgehead atoms. The average molecular weight is 255 g/mol.